The summed E-state index contributed by atoms with van der Waals surface area (Å²) in [6, 6.07) is 5.89. The second-order valence-corrected chi connectivity index (χ2v) is 5.80. The first-order chi connectivity index (χ1) is 10.2. The van der Waals surface area contributed by atoms with Crippen LogP contribution in [0.5, 0.6) is 5.75 Å². The fraction of sp³-hybridized carbons (Fsp3) is 0.333. The number of nitrogens with zero attached hydrogens (tertiary/aromatic N) is 2. The van der Waals surface area contributed by atoms with E-state index in [0.29, 0.717) is 18.8 Å². The van der Waals surface area contributed by atoms with Crippen LogP contribution in [0.3, 0.4) is 0 Å². The van der Waals surface area contributed by atoms with Gasteiger partial charge in [0.1, 0.15) is 16.5 Å². The minimum absolute atomic E-state index is 0.0867. The molecule has 0 radical (unpaired) electrons. The summed E-state index contributed by atoms with van der Waals surface area (Å²) in [6.07, 6.45) is 1.90. The van der Waals surface area contributed by atoms with Gasteiger partial charge in [-0.05, 0) is 24.5 Å². The van der Waals surface area contributed by atoms with Crippen molar-refractivity contribution in [2.24, 2.45) is 5.73 Å². The fourth-order valence-electron chi connectivity index (χ4n) is 2.62. The largest absolute Gasteiger partial charge is 0.495 e. The van der Waals surface area contributed by atoms with Crippen molar-refractivity contribution in [2.75, 3.05) is 18.6 Å². The van der Waals surface area contributed by atoms with Crippen molar-refractivity contribution in [2.45, 2.75) is 19.4 Å². The number of carbonyl (C=O) groups is 1. The number of hydrogen-bond acceptors (Lipinski definition) is 5. The van der Waals surface area contributed by atoms with E-state index in [9.17, 15) is 4.79 Å². The number of fused-ring (bicyclic) bond motifs is 1. The first-order valence-corrected chi connectivity index (χ1v) is 7.74. The SMILES string of the molecule is COc1cccc2c1N(C(=O)c1csc(CN)n1)CCC2. The van der Waals surface area contributed by atoms with Crippen molar-refractivity contribution in [1.29, 1.82) is 0 Å². The fourth-order valence-corrected chi connectivity index (χ4v) is 3.27. The summed E-state index contributed by atoms with van der Waals surface area (Å²) in [5.41, 5.74) is 8.04. The Hall–Kier alpha value is -1.92. The van der Waals surface area contributed by atoms with Crippen molar-refractivity contribution in [1.82, 2.24) is 4.98 Å². The van der Waals surface area contributed by atoms with Crippen LogP contribution >= 0.6 is 11.3 Å². The molecule has 0 fully saturated rings. The van der Waals surface area contributed by atoms with Gasteiger partial charge >= 0.3 is 0 Å². The van der Waals surface area contributed by atoms with Crippen molar-refractivity contribution >= 4 is 22.9 Å². The normalized spacial score (nSPS) is 13.9. The highest BCUT2D eigenvalue weighted by molar-refractivity contribution is 7.09. The molecular formula is C15H17N3O2S. The lowest BCUT2D eigenvalue weighted by Gasteiger charge is -2.30. The molecule has 6 heteroatoms. The zero-order valence-corrected chi connectivity index (χ0v) is 12.7. The number of aryl methyl sites for hydroxylation is 1. The molecule has 0 unspecified atom stereocenters. The zero-order chi connectivity index (χ0) is 14.8. The van der Waals surface area contributed by atoms with Crippen LogP contribution in [0, 0.1) is 0 Å². The van der Waals surface area contributed by atoms with Gasteiger partial charge in [-0.3, -0.25) is 4.79 Å². The Kier molecular flexibility index (Phi) is 3.90. The van der Waals surface area contributed by atoms with E-state index in [0.717, 1.165) is 34.8 Å². The van der Waals surface area contributed by atoms with Gasteiger partial charge in [-0.1, -0.05) is 12.1 Å². The molecule has 0 saturated carbocycles. The Morgan fingerprint density at radius 2 is 2.38 bits per heavy atom. The van der Waals surface area contributed by atoms with Crippen molar-refractivity contribution < 1.29 is 9.53 Å². The van der Waals surface area contributed by atoms with Gasteiger partial charge in [-0.25, -0.2) is 4.98 Å². The Morgan fingerprint density at radius 1 is 1.52 bits per heavy atom. The monoisotopic (exact) mass is 303 g/mol. The summed E-state index contributed by atoms with van der Waals surface area (Å²) in [5.74, 6) is 0.645. The first-order valence-electron chi connectivity index (χ1n) is 6.87. The smallest absolute Gasteiger partial charge is 0.277 e. The standard InChI is InChI=1S/C15H17N3O2S/c1-20-12-6-2-4-10-5-3-7-18(14(10)12)15(19)11-9-21-13(8-16)17-11/h2,4,6,9H,3,5,7-8,16H2,1H3. The average molecular weight is 303 g/mol. The van der Waals surface area contributed by atoms with E-state index >= 15 is 0 Å². The number of benzene rings is 1. The molecule has 1 aromatic carbocycles. The van der Waals surface area contributed by atoms with Crippen LogP contribution in [-0.4, -0.2) is 24.5 Å². The Morgan fingerprint density at radius 3 is 3.10 bits per heavy atom. The van der Waals surface area contributed by atoms with Crippen molar-refractivity contribution in [3.05, 3.63) is 39.8 Å². The molecule has 3 rings (SSSR count). The second-order valence-electron chi connectivity index (χ2n) is 4.86. The van der Waals surface area contributed by atoms with E-state index in [1.807, 2.05) is 18.2 Å². The maximum atomic E-state index is 12.7. The topological polar surface area (TPSA) is 68.5 Å². The van der Waals surface area contributed by atoms with Gasteiger partial charge in [-0.15, -0.1) is 11.3 Å². The number of para-hydroxylation sites is 1. The summed E-state index contributed by atoms with van der Waals surface area (Å²) < 4.78 is 5.42. The molecule has 0 saturated heterocycles. The molecular weight excluding hydrogens is 286 g/mol. The predicted molar refractivity (Wildman–Crippen MR) is 83.0 cm³/mol. The molecule has 1 aliphatic rings. The van der Waals surface area contributed by atoms with E-state index in [1.54, 1.807) is 17.4 Å². The molecule has 2 aromatic rings. The molecule has 0 spiro atoms. The first kappa shape index (κ1) is 14.0. The summed E-state index contributed by atoms with van der Waals surface area (Å²) in [6.45, 7) is 1.04. The number of amides is 1. The molecule has 2 N–H and O–H groups in total. The Labute approximate surface area is 127 Å². The number of thiazole rings is 1. The van der Waals surface area contributed by atoms with Gasteiger partial charge in [-0.2, -0.15) is 0 Å². The number of rotatable bonds is 3. The summed E-state index contributed by atoms with van der Waals surface area (Å²) in [4.78, 5) is 18.8. The highest BCUT2D eigenvalue weighted by Crippen LogP contribution is 2.36. The predicted octanol–water partition coefficient (Wildman–Crippen LogP) is 2.20. The number of methoxy groups -OCH3 is 1. The van der Waals surface area contributed by atoms with Gasteiger partial charge in [0.05, 0.1) is 12.8 Å². The van der Waals surface area contributed by atoms with Crippen molar-refractivity contribution in [3.8, 4) is 5.75 Å². The third kappa shape index (κ3) is 2.52. The average Bonchev–Trinajstić information content (AvgIpc) is 3.02. The van der Waals surface area contributed by atoms with Gasteiger partial charge < -0.3 is 15.4 Å². The van der Waals surface area contributed by atoms with Crippen LogP contribution in [0.4, 0.5) is 5.69 Å². The lowest BCUT2D eigenvalue weighted by atomic mass is 10.0. The minimum Gasteiger partial charge on any atom is -0.495 e. The maximum absolute atomic E-state index is 12.7. The maximum Gasteiger partial charge on any atom is 0.277 e. The van der Waals surface area contributed by atoms with Gasteiger partial charge in [0.25, 0.3) is 5.91 Å². The van der Waals surface area contributed by atoms with Crippen LogP contribution in [-0.2, 0) is 13.0 Å². The summed E-state index contributed by atoms with van der Waals surface area (Å²) in [7, 11) is 1.63. The minimum atomic E-state index is -0.0867. The summed E-state index contributed by atoms with van der Waals surface area (Å²) in [5, 5.41) is 2.55. The van der Waals surface area contributed by atoms with Crippen LogP contribution in [0.2, 0.25) is 0 Å². The van der Waals surface area contributed by atoms with Crippen molar-refractivity contribution in [3.63, 3.8) is 0 Å². The molecule has 1 aromatic heterocycles. The third-order valence-corrected chi connectivity index (χ3v) is 4.46. The number of ether oxygens (including phenoxy) is 1. The number of carbonyl (C=O) groups excluding carboxylic acids is 1. The molecule has 2 heterocycles. The third-order valence-electron chi connectivity index (χ3n) is 3.59. The van der Waals surface area contributed by atoms with Crippen LogP contribution < -0.4 is 15.4 Å². The van der Waals surface area contributed by atoms with Crippen LogP contribution in [0.1, 0.15) is 27.5 Å². The van der Waals surface area contributed by atoms with Crippen LogP contribution in [0.25, 0.3) is 0 Å². The lowest BCUT2D eigenvalue weighted by molar-refractivity contribution is 0.0980. The van der Waals surface area contributed by atoms with E-state index in [1.165, 1.54) is 11.3 Å². The quantitative estimate of drug-likeness (QED) is 0.944. The molecule has 0 bridgehead atoms. The lowest BCUT2D eigenvalue weighted by Crippen LogP contribution is -2.36. The number of nitrogens with two attached hydrogens (primary N) is 1. The van der Waals surface area contributed by atoms with Gasteiger partial charge in [0.15, 0.2) is 0 Å². The molecule has 1 amide bonds. The van der Waals surface area contributed by atoms with Crippen LogP contribution in [0.15, 0.2) is 23.6 Å². The molecule has 1 aliphatic heterocycles. The molecule has 0 aliphatic carbocycles. The number of anilines is 1. The number of hydrogen-bond donors (Lipinski definition) is 1. The summed E-state index contributed by atoms with van der Waals surface area (Å²) >= 11 is 1.42. The van der Waals surface area contributed by atoms with Gasteiger partial charge in [0, 0.05) is 18.5 Å². The van der Waals surface area contributed by atoms with E-state index in [-0.39, 0.29) is 5.91 Å². The van der Waals surface area contributed by atoms with E-state index in [4.69, 9.17) is 10.5 Å². The second kappa shape index (κ2) is 5.83. The molecule has 110 valence electrons. The Balaban J connectivity index is 1.99. The Bertz CT molecular complexity index is 654. The highest BCUT2D eigenvalue weighted by atomic mass is 32.1. The molecule has 0 atom stereocenters. The zero-order valence-electron chi connectivity index (χ0n) is 11.8. The number of aromatic nitrogens is 1. The van der Waals surface area contributed by atoms with E-state index in [2.05, 4.69) is 4.98 Å². The molecule has 21 heavy (non-hydrogen) atoms. The highest BCUT2D eigenvalue weighted by Gasteiger charge is 2.27. The molecule has 5 nitrogen and oxygen atoms in total. The van der Waals surface area contributed by atoms with E-state index < -0.39 is 0 Å². The van der Waals surface area contributed by atoms with Gasteiger partial charge in [0.2, 0.25) is 0 Å².